The van der Waals surface area contributed by atoms with Crippen LogP contribution in [0.2, 0.25) is 0 Å². The lowest BCUT2D eigenvalue weighted by Crippen LogP contribution is -2.51. The Bertz CT molecular complexity index is 1450. The molecule has 1 unspecified atom stereocenters. The van der Waals surface area contributed by atoms with E-state index in [4.69, 9.17) is 9.47 Å². The third kappa shape index (κ3) is 6.32. The predicted molar refractivity (Wildman–Crippen MR) is 147 cm³/mol. The summed E-state index contributed by atoms with van der Waals surface area (Å²) in [5, 5.41) is 0. The average molecular weight is 594 g/mol. The molecule has 2 aliphatic rings. The van der Waals surface area contributed by atoms with E-state index in [0.29, 0.717) is 6.54 Å². The normalized spacial score (nSPS) is 19.3. The van der Waals surface area contributed by atoms with Crippen molar-refractivity contribution in [2.45, 2.75) is 48.9 Å². The van der Waals surface area contributed by atoms with Crippen LogP contribution in [0.3, 0.4) is 0 Å². The number of carbonyl (C=O) groups excluding carboxylic acids is 2. The summed E-state index contributed by atoms with van der Waals surface area (Å²) in [6.07, 6.45) is 2.45. The first-order chi connectivity index (χ1) is 18.9. The average Bonchev–Trinajstić information content (AvgIpc) is 2.95. The number of hydrogen-bond donors (Lipinski definition) is 0. The van der Waals surface area contributed by atoms with Crippen molar-refractivity contribution in [2.24, 2.45) is 0 Å². The van der Waals surface area contributed by atoms with E-state index in [1.807, 2.05) is 13.8 Å². The maximum Gasteiger partial charge on any atom is 0.338 e. The Morgan fingerprint density at radius 3 is 2.20 bits per heavy atom. The Labute approximate surface area is 235 Å². The summed E-state index contributed by atoms with van der Waals surface area (Å²) in [7, 11) is -6.25. The summed E-state index contributed by atoms with van der Waals surface area (Å²) >= 11 is 0. The number of esters is 1. The van der Waals surface area contributed by atoms with E-state index < -0.39 is 38.5 Å². The van der Waals surface area contributed by atoms with Crippen molar-refractivity contribution in [1.29, 1.82) is 0 Å². The molecule has 1 atom stereocenters. The van der Waals surface area contributed by atoms with Gasteiger partial charge in [-0.25, -0.2) is 21.6 Å². The summed E-state index contributed by atoms with van der Waals surface area (Å²) in [5.41, 5.74) is 0.929. The summed E-state index contributed by atoms with van der Waals surface area (Å²) < 4.78 is 65.9. The van der Waals surface area contributed by atoms with Crippen LogP contribution in [-0.4, -0.2) is 94.7 Å². The van der Waals surface area contributed by atoms with Gasteiger partial charge in [0.05, 0.1) is 17.6 Å². The number of benzene rings is 2. The second kappa shape index (κ2) is 12.2. The van der Waals surface area contributed by atoms with E-state index in [1.54, 1.807) is 24.3 Å². The first kappa shape index (κ1) is 30.0. The quantitative estimate of drug-likeness (QED) is 0.426. The van der Waals surface area contributed by atoms with E-state index in [9.17, 15) is 26.4 Å². The van der Waals surface area contributed by atoms with Gasteiger partial charge in [-0.1, -0.05) is 24.1 Å². The maximum atomic E-state index is 13.4. The topological polar surface area (TPSA) is 131 Å². The zero-order valence-corrected chi connectivity index (χ0v) is 24.5. The van der Waals surface area contributed by atoms with Crippen molar-refractivity contribution < 1.29 is 35.9 Å². The van der Waals surface area contributed by atoms with Gasteiger partial charge in [-0.05, 0) is 57.0 Å². The second-order valence-electron chi connectivity index (χ2n) is 10.0. The lowest BCUT2D eigenvalue weighted by molar-refractivity contribution is -0.135. The van der Waals surface area contributed by atoms with Gasteiger partial charge in [-0.3, -0.25) is 4.79 Å². The fourth-order valence-corrected chi connectivity index (χ4v) is 8.20. The molecule has 1 amide bonds. The molecule has 2 aliphatic heterocycles. The third-order valence-electron chi connectivity index (χ3n) is 7.30. The van der Waals surface area contributed by atoms with Gasteiger partial charge in [0.1, 0.15) is 10.6 Å². The molecule has 218 valence electrons. The molecule has 0 saturated carbocycles. The minimum Gasteiger partial charge on any atom is -0.495 e. The van der Waals surface area contributed by atoms with Crippen LogP contribution in [0.4, 0.5) is 0 Å². The lowest BCUT2D eigenvalue weighted by Gasteiger charge is -2.33. The summed E-state index contributed by atoms with van der Waals surface area (Å²) in [6.45, 7) is 4.09. The van der Waals surface area contributed by atoms with Crippen LogP contribution < -0.4 is 4.74 Å². The molecular formula is C27H35N3O8S2. The monoisotopic (exact) mass is 593 g/mol. The first-order valence-electron chi connectivity index (χ1n) is 13.2. The number of carbonyl (C=O) groups is 2. The number of nitrogens with zero attached hydrogens (tertiary/aromatic N) is 3. The van der Waals surface area contributed by atoms with Gasteiger partial charge < -0.3 is 14.4 Å². The predicted octanol–water partition coefficient (Wildman–Crippen LogP) is 2.26. The molecule has 2 heterocycles. The van der Waals surface area contributed by atoms with Crippen LogP contribution in [0.1, 0.15) is 42.1 Å². The molecule has 0 aromatic heterocycles. The number of sulfonamides is 2. The fourth-order valence-electron chi connectivity index (χ4n) is 4.90. The van der Waals surface area contributed by atoms with Gasteiger partial charge in [0.2, 0.25) is 20.0 Å². The van der Waals surface area contributed by atoms with Crippen molar-refractivity contribution in [3.05, 3.63) is 53.6 Å². The molecule has 2 saturated heterocycles. The first-order valence-corrected chi connectivity index (χ1v) is 16.0. The molecule has 13 heteroatoms. The smallest absolute Gasteiger partial charge is 0.338 e. The molecule has 0 aliphatic carbocycles. The second-order valence-corrected chi connectivity index (χ2v) is 13.8. The Kier molecular flexibility index (Phi) is 9.18. The Morgan fingerprint density at radius 2 is 1.57 bits per heavy atom. The van der Waals surface area contributed by atoms with Crippen molar-refractivity contribution in [1.82, 2.24) is 13.5 Å². The van der Waals surface area contributed by atoms with Gasteiger partial charge in [0.15, 0.2) is 6.61 Å². The standard InChI is InChI=1S/C27H35N3O8S2/c1-20-7-10-23(11-8-20)39(33,34)29-16-14-28(15-17-29)26(31)19-38-27(32)22-9-12-24(37-3)25(18-22)40(35,36)30-13-5-4-6-21(30)2/h7-12,18,21H,4-6,13-17,19H2,1-3H3. The van der Waals surface area contributed by atoms with Gasteiger partial charge in [-0.15, -0.1) is 0 Å². The van der Waals surface area contributed by atoms with E-state index >= 15 is 0 Å². The van der Waals surface area contributed by atoms with E-state index in [-0.39, 0.29) is 53.3 Å². The molecule has 2 aromatic carbocycles. The SMILES string of the molecule is COc1ccc(C(=O)OCC(=O)N2CCN(S(=O)(=O)c3ccc(C)cc3)CC2)cc1S(=O)(=O)N1CCCCC1C. The molecule has 0 bridgehead atoms. The number of rotatable bonds is 8. The molecule has 0 radical (unpaired) electrons. The van der Waals surface area contributed by atoms with E-state index in [0.717, 1.165) is 24.8 Å². The maximum absolute atomic E-state index is 13.4. The van der Waals surface area contributed by atoms with Crippen LogP contribution in [0.15, 0.2) is 52.3 Å². The highest BCUT2D eigenvalue weighted by atomic mass is 32.2. The molecule has 4 rings (SSSR count). The van der Waals surface area contributed by atoms with Gasteiger partial charge in [0.25, 0.3) is 5.91 Å². The number of amides is 1. The molecule has 2 fully saturated rings. The molecule has 0 N–H and O–H groups in total. The summed E-state index contributed by atoms with van der Waals surface area (Å²) in [5.74, 6) is -1.20. The minimum atomic E-state index is -3.93. The van der Waals surface area contributed by atoms with Crippen LogP contribution in [0.5, 0.6) is 5.75 Å². The number of methoxy groups -OCH3 is 1. The molecule has 2 aromatic rings. The van der Waals surface area contributed by atoms with Crippen molar-refractivity contribution in [3.8, 4) is 5.75 Å². The van der Waals surface area contributed by atoms with E-state index in [2.05, 4.69) is 0 Å². The molecular weight excluding hydrogens is 558 g/mol. The fraction of sp³-hybridized carbons (Fsp3) is 0.481. The Hall–Kier alpha value is -3.00. The lowest BCUT2D eigenvalue weighted by atomic mass is 10.1. The molecule has 40 heavy (non-hydrogen) atoms. The summed E-state index contributed by atoms with van der Waals surface area (Å²) in [4.78, 5) is 27.0. The highest BCUT2D eigenvalue weighted by Crippen LogP contribution is 2.32. The highest BCUT2D eigenvalue weighted by molar-refractivity contribution is 7.89. The molecule has 11 nitrogen and oxygen atoms in total. The minimum absolute atomic E-state index is 0.0224. The van der Waals surface area contributed by atoms with Gasteiger partial charge >= 0.3 is 5.97 Å². The van der Waals surface area contributed by atoms with Gasteiger partial charge in [0, 0.05) is 38.8 Å². The largest absolute Gasteiger partial charge is 0.495 e. The van der Waals surface area contributed by atoms with Crippen LogP contribution in [-0.2, 0) is 29.6 Å². The zero-order chi connectivity index (χ0) is 29.1. The summed E-state index contributed by atoms with van der Waals surface area (Å²) in [6, 6.07) is 10.4. The number of piperazine rings is 1. The number of piperidine rings is 1. The zero-order valence-electron chi connectivity index (χ0n) is 22.9. The molecule has 0 spiro atoms. The number of aryl methyl sites for hydroxylation is 1. The van der Waals surface area contributed by atoms with E-state index in [1.165, 1.54) is 38.8 Å². The van der Waals surface area contributed by atoms with Crippen LogP contribution in [0.25, 0.3) is 0 Å². The Balaban J connectivity index is 1.37. The number of ether oxygens (including phenoxy) is 2. The van der Waals surface area contributed by atoms with Crippen molar-refractivity contribution >= 4 is 31.9 Å². The van der Waals surface area contributed by atoms with Crippen LogP contribution >= 0.6 is 0 Å². The Morgan fingerprint density at radius 1 is 0.900 bits per heavy atom. The number of hydrogen-bond acceptors (Lipinski definition) is 8. The van der Waals surface area contributed by atoms with Crippen molar-refractivity contribution in [2.75, 3.05) is 46.4 Å². The highest BCUT2D eigenvalue weighted by Gasteiger charge is 2.34. The third-order valence-corrected chi connectivity index (χ3v) is 11.3. The van der Waals surface area contributed by atoms with Crippen molar-refractivity contribution in [3.63, 3.8) is 0 Å². The van der Waals surface area contributed by atoms with Gasteiger partial charge in [-0.2, -0.15) is 8.61 Å². The van der Waals surface area contributed by atoms with Crippen LogP contribution in [0, 0.1) is 6.92 Å².